The molecule has 1 aromatic carbocycles. The molecular weight excluding hydrogens is 299 g/mol. The smallest absolute Gasteiger partial charge is 0.251 e. The van der Waals surface area contributed by atoms with Gasteiger partial charge in [0.1, 0.15) is 5.69 Å². The summed E-state index contributed by atoms with van der Waals surface area (Å²) in [7, 11) is 0. The van der Waals surface area contributed by atoms with Gasteiger partial charge in [0.15, 0.2) is 0 Å². The molecule has 0 atom stereocenters. The topological polar surface area (TPSA) is 12.9 Å². The van der Waals surface area contributed by atoms with E-state index < -0.39 is 11.9 Å². The van der Waals surface area contributed by atoms with Crippen LogP contribution in [0.15, 0.2) is 54.7 Å². The highest BCUT2D eigenvalue weighted by Gasteiger charge is 2.34. The van der Waals surface area contributed by atoms with Crippen molar-refractivity contribution in [1.82, 2.24) is 4.98 Å². The number of allylic oxidation sites excluding steroid dienone is 2. The average Bonchev–Trinajstić information content (AvgIpc) is 2.45. The first-order chi connectivity index (χ1) is 9.97. The van der Waals surface area contributed by atoms with Gasteiger partial charge in [0.25, 0.3) is 0 Å². The van der Waals surface area contributed by atoms with Crippen LogP contribution in [0.3, 0.4) is 0 Å². The van der Waals surface area contributed by atoms with E-state index >= 15 is 0 Å². The van der Waals surface area contributed by atoms with Crippen LogP contribution < -0.4 is 0 Å². The van der Waals surface area contributed by atoms with Crippen LogP contribution >= 0.6 is 11.6 Å². The summed E-state index contributed by atoms with van der Waals surface area (Å²) < 4.78 is 38.3. The average molecular weight is 312 g/mol. The van der Waals surface area contributed by atoms with Crippen molar-refractivity contribution in [2.24, 2.45) is 0 Å². The Morgan fingerprint density at radius 2 is 1.67 bits per heavy atom. The van der Waals surface area contributed by atoms with Crippen LogP contribution in [0.5, 0.6) is 0 Å². The van der Waals surface area contributed by atoms with Crippen LogP contribution in [-0.2, 0) is 19.0 Å². The number of aromatic nitrogens is 1. The van der Waals surface area contributed by atoms with Gasteiger partial charge in [-0.3, -0.25) is 4.98 Å². The molecule has 0 aliphatic rings. The summed E-state index contributed by atoms with van der Waals surface area (Å²) in [6, 6.07) is 10.3. The Kier molecular flexibility index (Phi) is 5.02. The largest absolute Gasteiger partial charge is 0.433 e. The lowest BCUT2D eigenvalue weighted by molar-refractivity contribution is -0.141. The molecule has 0 unspecified atom stereocenters. The Balaban J connectivity index is 2.00. The fourth-order valence-corrected chi connectivity index (χ4v) is 2.03. The van der Waals surface area contributed by atoms with Gasteiger partial charge in [-0.1, -0.05) is 42.0 Å². The third-order valence-electron chi connectivity index (χ3n) is 2.93. The van der Waals surface area contributed by atoms with Crippen molar-refractivity contribution in [2.75, 3.05) is 0 Å². The molecule has 0 fully saturated rings. The maximum atomic E-state index is 12.8. The van der Waals surface area contributed by atoms with Gasteiger partial charge in [0, 0.05) is 11.2 Å². The lowest BCUT2D eigenvalue weighted by Gasteiger charge is -2.09. The van der Waals surface area contributed by atoms with E-state index in [2.05, 4.69) is 4.98 Å². The summed E-state index contributed by atoms with van der Waals surface area (Å²) >= 11 is 5.78. The van der Waals surface area contributed by atoms with E-state index in [4.69, 9.17) is 11.6 Å². The fraction of sp³-hybridized carbons (Fsp3) is 0.188. The highest BCUT2D eigenvalue weighted by molar-refractivity contribution is 6.30. The molecule has 0 amide bonds. The molecule has 0 radical (unpaired) electrons. The molecule has 21 heavy (non-hydrogen) atoms. The molecule has 0 aliphatic carbocycles. The fourth-order valence-electron chi connectivity index (χ4n) is 1.91. The van der Waals surface area contributed by atoms with Gasteiger partial charge < -0.3 is 0 Å². The first-order valence-electron chi connectivity index (χ1n) is 6.37. The molecule has 0 N–H and O–H groups in total. The van der Waals surface area contributed by atoms with E-state index in [0.717, 1.165) is 11.8 Å². The van der Waals surface area contributed by atoms with Crippen molar-refractivity contribution < 1.29 is 13.2 Å². The molecule has 0 bridgehead atoms. The Bertz CT molecular complexity index is 618. The second-order valence-corrected chi connectivity index (χ2v) is 4.95. The van der Waals surface area contributed by atoms with Crippen molar-refractivity contribution in [2.45, 2.75) is 19.0 Å². The lowest BCUT2D eigenvalue weighted by Crippen LogP contribution is -2.11. The summed E-state index contributed by atoms with van der Waals surface area (Å²) in [5.41, 5.74) is 0.413. The quantitative estimate of drug-likeness (QED) is 0.716. The Morgan fingerprint density at radius 1 is 1.00 bits per heavy atom. The van der Waals surface area contributed by atoms with E-state index in [1.54, 1.807) is 18.2 Å². The standard InChI is InChI=1S/C16H13ClF3N/c17-14-9-7-12(8-10-14)4-1-2-5-13-6-3-11-21-15(13)16(18,19)20/h1-3,6-11H,4-5H2. The maximum Gasteiger partial charge on any atom is 0.433 e. The number of hydrogen-bond acceptors (Lipinski definition) is 1. The van der Waals surface area contributed by atoms with Crippen LogP contribution in [-0.4, -0.2) is 4.98 Å². The molecule has 110 valence electrons. The molecular formula is C16H13ClF3N. The number of pyridine rings is 1. The minimum Gasteiger partial charge on any atom is -0.251 e. The lowest BCUT2D eigenvalue weighted by atomic mass is 10.1. The summed E-state index contributed by atoms with van der Waals surface area (Å²) in [6.07, 6.45) is 1.16. The molecule has 0 aliphatic heterocycles. The molecule has 2 rings (SSSR count). The molecule has 0 saturated heterocycles. The highest BCUT2D eigenvalue weighted by atomic mass is 35.5. The van der Waals surface area contributed by atoms with E-state index in [-0.39, 0.29) is 12.0 Å². The number of alkyl halides is 3. The van der Waals surface area contributed by atoms with Gasteiger partial charge in [-0.2, -0.15) is 13.2 Å². The predicted molar refractivity (Wildman–Crippen MR) is 77.2 cm³/mol. The molecule has 1 heterocycles. The van der Waals surface area contributed by atoms with Crippen molar-refractivity contribution in [3.05, 3.63) is 76.6 Å². The summed E-state index contributed by atoms with van der Waals surface area (Å²) in [4.78, 5) is 3.42. The highest BCUT2D eigenvalue weighted by Crippen LogP contribution is 2.30. The number of hydrogen-bond donors (Lipinski definition) is 0. The van der Waals surface area contributed by atoms with Crippen molar-refractivity contribution in [3.8, 4) is 0 Å². The van der Waals surface area contributed by atoms with Crippen LogP contribution in [0.25, 0.3) is 0 Å². The third-order valence-corrected chi connectivity index (χ3v) is 3.18. The van der Waals surface area contributed by atoms with Gasteiger partial charge in [0.2, 0.25) is 0 Å². The predicted octanol–water partition coefficient (Wildman–Crippen LogP) is 5.10. The zero-order valence-corrected chi connectivity index (χ0v) is 11.8. The zero-order chi connectivity index (χ0) is 15.3. The molecule has 1 aromatic heterocycles. The SMILES string of the molecule is FC(F)(F)c1ncccc1CC=CCc1ccc(Cl)cc1. The van der Waals surface area contributed by atoms with E-state index in [1.165, 1.54) is 12.1 Å². The minimum absolute atomic E-state index is 0.178. The number of halogens is 4. The molecule has 0 saturated carbocycles. The van der Waals surface area contributed by atoms with Crippen LogP contribution in [0.1, 0.15) is 16.8 Å². The Hall–Kier alpha value is -1.81. The zero-order valence-electron chi connectivity index (χ0n) is 11.1. The summed E-state index contributed by atoms with van der Waals surface area (Å²) in [5.74, 6) is 0. The van der Waals surface area contributed by atoms with Crippen LogP contribution in [0, 0.1) is 0 Å². The summed E-state index contributed by atoms with van der Waals surface area (Å²) in [6.45, 7) is 0. The third kappa shape index (κ3) is 4.60. The van der Waals surface area contributed by atoms with Gasteiger partial charge in [0.05, 0.1) is 0 Å². The van der Waals surface area contributed by atoms with E-state index in [1.807, 2.05) is 18.2 Å². The van der Waals surface area contributed by atoms with Crippen molar-refractivity contribution >= 4 is 11.6 Å². The van der Waals surface area contributed by atoms with E-state index in [9.17, 15) is 13.2 Å². The first kappa shape index (κ1) is 15.6. The second kappa shape index (κ2) is 6.76. The molecule has 5 heteroatoms. The van der Waals surface area contributed by atoms with Crippen molar-refractivity contribution in [3.63, 3.8) is 0 Å². The van der Waals surface area contributed by atoms with Gasteiger partial charge in [-0.25, -0.2) is 0 Å². The van der Waals surface area contributed by atoms with E-state index in [0.29, 0.717) is 11.4 Å². The monoisotopic (exact) mass is 311 g/mol. The molecule has 0 spiro atoms. The maximum absolute atomic E-state index is 12.8. The van der Waals surface area contributed by atoms with Crippen LogP contribution in [0.2, 0.25) is 5.02 Å². The second-order valence-electron chi connectivity index (χ2n) is 4.52. The molecule has 2 aromatic rings. The van der Waals surface area contributed by atoms with Crippen LogP contribution in [0.4, 0.5) is 13.2 Å². The minimum atomic E-state index is -4.42. The van der Waals surface area contributed by atoms with Gasteiger partial charge in [-0.05, 0) is 42.2 Å². The molecule has 1 nitrogen and oxygen atoms in total. The normalized spacial score (nSPS) is 12.0. The number of rotatable bonds is 4. The number of benzene rings is 1. The van der Waals surface area contributed by atoms with Gasteiger partial charge >= 0.3 is 6.18 Å². The first-order valence-corrected chi connectivity index (χ1v) is 6.75. The Labute approximate surface area is 126 Å². The van der Waals surface area contributed by atoms with Gasteiger partial charge in [-0.15, -0.1) is 0 Å². The number of nitrogens with zero attached hydrogens (tertiary/aromatic N) is 1. The summed E-state index contributed by atoms with van der Waals surface area (Å²) in [5, 5.41) is 0.660. The Morgan fingerprint density at radius 3 is 2.33 bits per heavy atom. The van der Waals surface area contributed by atoms with Crippen molar-refractivity contribution in [1.29, 1.82) is 0 Å².